The van der Waals surface area contributed by atoms with Gasteiger partial charge in [0.15, 0.2) is 0 Å². The van der Waals surface area contributed by atoms with E-state index in [1.54, 1.807) is 24.3 Å². The maximum absolute atomic E-state index is 13.2. The van der Waals surface area contributed by atoms with Gasteiger partial charge in [-0.05, 0) is 80.6 Å². The third-order valence-electron chi connectivity index (χ3n) is 5.49. The smallest absolute Gasteiger partial charge is 0.264 e. The molecule has 1 saturated heterocycles. The van der Waals surface area contributed by atoms with Crippen molar-refractivity contribution >= 4 is 33.2 Å². The van der Waals surface area contributed by atoms with Crippen LogP contribution in [0.15, 0.2) is 47.4 Å². The Hall–Kier alpha value is -2.05. The molecule has 1 fully saturated rings. The fraction of sp³-hybridized carbons (Fsp3) is 0.381. The van der Waals surface area contributed by atoms with Gasteiger partial charge in [0, 0.05) is 29.7 Å². The molecule has 0 aliphatic carbocycles. The molecule has 7 heteroatoms. The van der Waals surface area contributed by atoms with Crippen molar-refractivity contribution in [1.82, 2.24) is 4.90 Å². The van der Waals surface area contributed by atoms with Gasteiger partial charge in [-0.2, -0.15) is 0 Å². The molecule has 0 spiro atoms. The number of nitrogens with zero attached hydrogens (tertiary/aromatic N) is 2. The fourth-order valence-electron chi connectivity index (χ4n) is 4.10. The molecule has 4 rings (SSSR count). The lowest BCUT2D eigenvalue weighted by molar-refractivity contribution is 0.0724. The van der Waals surface area contributed by atoms with Crippen molar-refractivity contribution in [2.45, 2.75) is 43.5 Å². The van der Waals surface area contributed by atoms with Crippen LogP contribution in [-0.2, 0) is 16.4 Å². The van der Waals surface area contributed by atoms with Crippen molar-refractivity contribution in [1.29, 1.82) is 0 Å². The largest absolute Gasteiger partial charge is 0.339 e. The van der Waals surface area contributed by atoms with E-state index in [1.807, 2.05) is 17.9 Å². The maximum atomic E-state index is 13.2. The van der Waals surface area contributed by atoms with Crippen molar-refractivity contribution in [3.05, 3.63) is 58.6 Å². The van der Waals surface area contributed by atoms with Crippen LogP contribution in [-0.4, -0.2) is 38.4 Å². The van der Waals surface area contributed by atoms with E-state index >= 15 is 0 Å². The summed E-state index contributed by atoms with van der Waals surface area (Å²) in [5.41, 5.74) is 2.18. The zero-order valence-electron chi connectivity index (χ0n) is 15.8. The van der Waals surface area contributed by atoms with Crippen LogP contribution in [0.4, 0.5) is 5.69 Å². The number of anilines is 1. The molecule has 0 unspecified atom stereocenters. The van der Waals surface area contributed by atoms with Crippen molar-refractivity contribution in [2.75, 3.05) is 17.4 Å². The lowest BCUT2D eigenvalue weighted by atomic mass is 10.0. The average molecular weight is 419 g/mol. The Bertz CT molecular complexity index is 999. The summed E-state index contributed by atoms with van der Waals surface area (Å²) in [7, 11) is -3.69. The predicted octanol–water partition coefficient (Wildman–Crippen LogP) is 4.11. The predicted molar refractivity (Wildman–Crippen MR) is 110 cm³/mol. The first-order valence-corrected chi connectivity index (χ1v) is 11.4. The first kappa shape index (κ1) is 19.3. The number of carbonyl (C=O) groups is 1. The fourth-order valence-corrected chi connectivity index (χ4v) is 5.92. The van der Waals surface area contributed by atoms with Gasteiger partial charge in [-0.3, -0.25) is 9.10 Å². The minimum absolute atomic E-state index is 0.0363. The molecule has 1 atom stereocenters. The minimum Gasteiger partial charge on any atom is -0.339 e. The van der Waals surface area contributed by atoms with Crippen LogP contribution in [0.2, 0.25) is 5.02 Å². The summed E-state index contributed by atoms with van der Waals surface area (Å²) >= 11 is 5.90. The summed E-state index contributed by atoms with van der Waals surface area (Å²) in [5, 5.41) is 0.495. The summed E-state index contributed by atoms with van der Waals surface area (Å²) in [6.07, 6.45) is 3.84. The third kappa shape index (κ3) is 3.40. The monoisotopic (exact) mass is 418 g/mol. The molecule has 5 nitrogen and oxygen atoms in total. The summed E-state index contributed by atoms with van der Waals surface area (Å²) < 4.78 is 27.8. The second-order valence-corrected chi connectivity index (χ2v) is 9.76. The number of hydrogen-bond acceptors (Lipinski definition) is 3. The van der Waals surface area contributed by atoms with Crippen LogP contribution >= 0.6 is 11.6 Å². The van der Waals surface area contributed by atoms with Gasteiger partial charge >= 0.3 is 0 Å². The molecule has 0 bridgehead atoms. The Balaban J connectivity index is 1.66. The van der Waals surface area contributed by atoms with Crippen molar-refractivity contribution in [2.24, 2.45) is 0 Å². The molecule has 2 aliphatic heterocycles. The van der Waals surface area contributed by atoms with Crippen LogP contribution in [0.25, 0.3) is 0 Å². The number of sulfonamides is 1. The normalized spacial score (nSPS) is 19.6. The number of likely N-dealkylation sites (tertiary alicyclic amines) is 1. The highest BCUT2D eigenvalue weighted by atomic mass is 35.5. The first-order valence-electron chi connectivity index (χ1n) is 9.60. The molecule has 0 N–H and O–H groups in total. The average Bonchev–Trinajstić information content (AvgIpc) is 3.04. The number of rotatable bonds is 3. The van der Waals surface area contributed by atoms with Gasteiger partial charge in [0.25, 0.3) is 15.9 Å². The van der Waals surface area contributed by atoms with Gasteiger partial charge < -0.3 is 4.90 Å². The molecular formula is C21H23ClN2O3S. The van der Waals surface area contributed by atoms with Gasteiger partial charge in [0.2, 0.25) is 0 Å². The number of halogens is 1. The first-order chi connectivity index (χ1) is 13.4. The van der Waals surface area contributed by atoms with Gasteiger partial charge in [0.05, 0.1) is 10.6 Å². The van der Waals surface area contributed by atoms with E-state index in [9.17, 15) is 13.2 Å². The quantitative estimate of drug-likeness (QED) is 0.753. The van der Waals surface area contributed by atoms with E-state index in [4.69, 9.17) is 11.6 Å². The number of amides is 1. The van der Waals surface area contributed by atoms with E-state index in [1.165, 1.54) is 22.9 Å². The number of piperidine rings is 1. The highest BCUT2D eigenvalue weighted by molar-refractivity contribution is 7.92. The van der Waals surface area contributed by atoms with E-state index < -0.39 is 10.0 Å². The highest BCUT2D eigenvalue weighted by Gasteiger charge is 2.36. The van der Waals surface area contributed by atoms with Gasteiger partial charge in [-0.1, -0.05) is 11.6 Å². The summed E-state index contributed by atoms with van der Waals surface area (Å²) in [5.74, 6) is 0.0363. The van der Waals surface area contributed by atoms with Crippen LogP contribution in [0.1, 0.15) is 42.1 Å². The molecule has 148 valence electrons. The van der Waals surface area contributed by atoms with E-state index in [-0.39, 0.29) is 16.8 Å². The van der Waals surface area contributed by atoms with Gasteiger partial charge in [-0.15, -0.1) is 0 Å². The molecule has 2 aromatic rings. The Labute approximate surface area is 171 Å². The minimum atomic E-state index is -3.69. The zero-order valence-corrected chi connectivity index (χ0v) is 17.3. The third-order valence-corrected chi connectivity index (χ3v) is 7.69. The molecule has 0 aromatic heterocycles. The Morgan fingerprint density at radius 2 is 1.71 bits per heavy atom. The Morgan fingerprint density at radius 1 is 1.04 bits per heavy atom. The molecule has 1 amide bonds. The molecule has 0 radical (unpaired) electrons. The summed E-state index contributed by atoms with van der Waals surface area (Å²) in [6, 6.07) is 11.4. The van der Waals surface area contributed by atoms with E-state index in [2.05, 4.69) is 0 Å². The molecule has 0 saturated carbocycles. The topological polar surface area (TPSA) is 57.7 Å². The molecule has 2 aliphatic rings. The molecule has 28 heavy (non-hydrogen) atoms. The number of hydrogen-bond donors (Lipinski definition) is 0. The summed E-state index contributed by atoms with van der Waals surface area (Å²) in [6.45, 7) is 3.48. The highest BCUT2D eigenvalue weighted by Crippen LogP contribution is 2.37. The standard InChI is InChI=1S/C21H23ClN2O3S/c1-15-13-17-14-16(21(25)23-11-3-2-4-12-23)5-10-20(17)24(15)28(26,27)19-8-6-18(22)7-9-19/h5-10,14-15H,2-4,11-13H2,1H3/t15-/m1/s1. The lowest BCUT2D eigenvalue weighted by Gasteiger charge is -2.27. The van der Waals surface area contributed by atoms with E-state index in [0.717, 1.165) is 31.5 Å². The van der Waals surface area contributed by atoms with Crippen LogP contribution < -0.4 is 4.31 Å². The van der Waals surface area contributed by atoms with Crippen molar-refractivity contribution in [3.63, 3.8) is 0 Å². The molecule has 2 aromatic carbocycles. The van der Waals surface area contributed by atoms with Crippen LogP contribution in [0.3, 0.4) is 0 Å². The Kier molecular flexibility index (Phi) is 5.10. The lowest BCUT2D eigenvalue weighted by Crippen LogP contribution is -2.36. The number of fused-ring (bicyclic) bond motifs is 1. The second kappa shape index (κ2) is 7.41. The molecule has 2 heterocycles. The molecular weight excluding hydrogens is 396 g/mol. The second-order valence-electron chi connectivity index (χ2n) is 7.50. The van der Waals surface area contributed by atoms with Crippen LogP contribution in [0.5, 0.6) is 0 Å². The van der Waals surface area contributed by atoms with Crippen molar-refractivity contribution < 1.29 is 13.2 Å². The summed E-state index contributed by atoms with van der Waals surface area (Å²) in [4.78, 5) is 14.9. The van der Waals surface area contributed by atoms with Gasteiger partial charge in [0.1, 0.15) is 0 Å². The SMILES string of the molecule is C[C@@H]1Cc2cc(C(=O)N3CCCCC3)ccc2N1S(=O)(=O)c1ccc(Cl)cc1. The maximum Gasteiger partial charge on any atom is 0.264 e. The van der Waals surface area contributed by atoms with Gasteiger partial charge in [-0.25, -0.2) is 8.42 Å². The Morgan fingerprint density at radius 3 is 2.39 bits per heavy atom. The van der Waals surface area contributed by atoms with Crippen molar-refractivity contribution in [3.8, 4) is 0 Å². The number of carbonyl (C=O) groups excluding carboxylic acids is 1. The van der Waals surface area contributed by atoms with E-state index in [0.29, 0.717) is 22.7 Å². The number of benzene rings is 2. The zero-order chi connectivity index (χ0) is 19.9. The van der Waals surface area contributed by atoms with Crippen LogP contribution in [0, 0.1) is 0 Å².